The van der Waals surface area contributed by atoms with Gasteiger partial charge in [-0.2, -0.15) is 0 Å². The summed E-state index contributed by atoms with van der Waals surface area (Å²) in [4.78, 5) is 23.4. The zero-order chi connectivity index (χ0) is 15.4. The molecule has 0 aliphatic heterocycles. The quantitative estimate of drug-likeness (QED) is 0.873. The van der Waals surface area contributed by atoms with Crippen LogP contribution in [-0.4, -0.2) is 24.1 Å². The number of carboxylic acid groups (broad SMARTS) is 1. The predicted molar refractivity (Wildman–Crippen MR) is 78.0 cm³/mol. The summed E-state index contributed by atoms with van der Waals surface area (Å²) in [6.45, 7) is 1.89. The van der Waals surface area contributed by atoms with E-state index in [-0.39, 0.29) is 11.9 Å². The molecule has 1 aromatic rings. The van der Waals surface area contributed by atoms with Crippen molar-refractivity contribution in [3.05, 3.63) is 29.8 Å². The molecular weight excluding hydrogens is 270 g/mol. The van der Waals surface area contributed by atoms with Crippen molar-refractivity contribution in [2.75, 3.05) is 7.11 Å². The molecule has 2 rings (SSSR count). The number of carbonyl (C=O) groups is 2. The number of carboxylic acids is 1. The number of amides is 1. The molecular formula is C16H21NO4. The van der Waals surface area contributed by atoms with Crippen LogP contribution < -0.4 is 10.1 Å². The van der Waals surface area contributed by atoms with Gasteiger partial charge in [0.15, 0.2) is 0 Å². The fourth-order valence-electron chi connectivity index (χ4n) is 2.87. The predicted octanol–water partition coefficient (Wildman–Crippen LogP) is 2.37. The van der Waals surface area contributed by atoms with Gasteiger partial charge in [0.25, 0.3) is 0 Å². The molecule has 1 aromatic carbocycles. The Morgan fingerprint density at radius 2 is 1.86 bits per heavy atom. The molecule has 1 amide bonds. The number of ether oxygens (including phenoxy) is 1. The van der Waals surface area contributed by atoms with Gasteiger partial charge >= 0.3 is 5.97 Å². The van der Waals surface area contributed by atoms with Gasteiger partial charge in [0.05, 0.1) is 25.0 Å². The van der Waals surface area contributed by atoms with E-state index in [0.29, 0.717) is 12.8 Å². The third-order valence-electron chi connectivity index (χ3n) is 4.14. The lowest BCUT2D eigenvalue weighted by Gasteiger charge is -2.20. The SMILES string of the molecule is COc1ccc([C@H](C)NC(=O)[C@@H]2CCC[C@@H]2C(=O)O)cc1. The number of hydrogen-bond acceptors (Lipinski definition) is 3. The molecule has 5 nitrogen and oxygen atoms in total. The summed E-state index contributed by atoms with van der Waals surface area (Å²) < 4.78 is 5.10. The maximum absolute atomic E-state index is 12.3. The Morgan fingerprint density at radius 3 is 2.43 bits per heavy atom. The smallest absolute Gasteiger partial charge is 0.307 e. The molecule has 5 heteroatoms. The van der Waals surface area contributed by atoms with E-state index in [1.165, 1.54) is 0 Å². The minimum atomic E-state index is -0.871. The van der Waals surface area contributed by atoms with Crippen molar-refractivity contribution >= 4 is 11.9 Å². The van der Waals surface area contributed by atoms with Crippen molar-refractivity contribution in [3.8, 4) is 5.75 Å². The van der Waals surface area contributed by atoms with Crippen molar-refractivity contribution < 1.29 is 19.4 Å². The van der Waals surface area contributed by atoms with E-state index in [1.807, 2.05) is 31.2 Å². The summed E-state index contributed by atoms with van der Waals surface area (Å²) in [6.07, 6.45) is 2.04. The summed E-state index contributed by atoms with van der Waals surface area (Å²) in [6, 6.07) is 7.32. The van der Waals surface area contributed by atoms with E-state index in [4.69, 9.17) is 9.84 Å². The molecule has 1 saturated carbocycles. The summed E-state index contributed by atoms with van der Waals surface area (Å²) in [5, 5.41) is 12.1. The Bertz CT molecular complexity index is 512. The van der Waals surface area contributed by atoms with Crippen LogP contribution in [0.2, 0.25) is 0 Å². The highest BCUT2D eigenvalue weighted by Gasteiger charge is 2.38. The van der Waals surface area contributed by atoms with Gasteiger partial charge in [-0.3, -0.25) is 9.59 Å². The molecule has 0 unspecified atom stereocenters. The normalized spacial score (nSPS) is 22.6. The van der Waals surface area contributed by atoms with E-state index in [9.17, 15) is 9.59 Å². The van der Waals surface area contributed by atoms with Crippen LogP contribution in [-0.2, 0) is 9.59 Å². The van der Waals surface area contributed by atoms with Crippen molar-refractivity contribution in [1.82, 2.24) is 5.32 Å². The molecule has 0 bridgehead atoms. The van der Waals surface area contributed by atoms with E-state index in [0.717, 1.165) is 17.7 Å². The highest BCUT2D eigenvalue weighted by molar-refractivity contribution is 5.85. The number of nitrogens with one attached hydrogen (secondary N) is 1. The zero-order valence-corrected chi connectivity index (χ0v) is 12.3. The fraction of sp³-hybridized carbons (Fsp3) is 0.500. The van der Waals surface area contributed by atoms with Gasteiger partial charge in [0, 0.05) is 0 Å². The van der Waals surface area contributed by atoms with Crippen LogP contribution in [0.5, 0.6) is 5.75 Å². The van der Waals surface area contributed by atoms with Crippen LogP contribution in [0, 0.1) is 11.8 Å². The third kappa shape index (κ3) is 3.54. The van der Waals surface area contributed by atoms with Crippen molar-refractivity contribution in [2.24, 2.45) is 11.8 Å². The minimum Gasteiger partial charge on any atom is -0.497 e. The lowest BCUT2D eigenvalue weighted by atomic mass is 9.94. The summed E-state index contributed by atoms with van der Waals surface area (Å²) in [5.74, 6) is -1.23. The van der Waals surface area contributed by atoms with E-state index in [1.54, 1.807) is 7.11 Å². The molecule has 114 valence electrons. The Balaban J connectivity index is 1.99. The molecule has 1 fully saturated rings. The van der Waals surface area contributed by atoms with E-state index < -0.39 is 17.8 Å². The Kier molecular flexibility index (Phi) is 4.83. The first-order chi connectivity index (χ1) is 10.0. The van der Waals surface area contributed by atoms with Gasteiger partial charge < -0.3 is 15.2 Å². The molecule has 0 heterocycles. The second-order valence-corrected chi connectivity index (χ2v) is 5.49. The highest BCUT2D eigenvalue weighted by Crippen LogP contribution is 2.32. The first-order valence-corrected chi connectivity index (χ1v) is 7.20. The second-order valence-electron chi connectivity index (χ2n) is 5.49. The van der Waals surface area contributed by atoms with Gasteiger partial charge in [-0.05, 0) is 37.5 Å². The largest absolute Gasteiger partial charge is 0.497 e. The van der Waals surface area contributed by atoms with Gasteiger partial charge in [0.2, 0.25) is 5.91 Å². The Morgan fingerprint density at radius 1 is 1.24 bits per heavy atom. The van der Waals surface area contributed by atoms with Crippen LogP contribution in [0.15, 0.2) is 24.3 Å². The number of rotatable bonds is 5. The minimum absolute atomic E-state index is 0.154. The van der Waals surface area contributed by atoms with E-state index in [2.05, 4.69) is 5.32 Å². The highest BCUT2D eigenvalue weighted by atomic mass is 16.5. The first kappa shape index (κ1) is 15.4. The lowest BCUT2D eigenvalue weighted by Crippen LogP contribution is -2.36. The molecule has 1 aliphatic carbocycles. The molecule has 0 radical (unpaired) electrons. The van der Waals surface area contributed by atoms with Crippen LogP contribution in [0.3, 0.4) is 0 Å². The third-order valence-corrected chi connectivity index (χ3v) is 4.14. The fourth-order valence-corrected chi connectivity index (χ4v) is 2.87. The molecule has 3 atom stereocenters. The van der Waals surface area contributed by atoms with Gasteiger partial charge in [-0.1, -0.05) is 18.6 Å². The Hall–Kier alpha value is -2.04. The summed E-state index contributed by atoms with van der Waals surface area (Å²) in [7, 11) is 1.60. The zero-order valence-electron chi connectivity index (χ0n) is 12.3. The van der Waals surface area contributed by atoms with Gasteiger partial charge in [0.1, 0.15) is 5.75 Å². The van der Waals surface area contributed by atoms with E-state index >= 15 is 0 Å². The standard InChI is InChI=1S/C16H21NO4/c1-10(11-6-8-12(21-2)9-7-11)17-15(18)13-4-3-5-14(13)16(19)20/h6-10,13-14H,3-5H2,1-2H3,(H,17,18)(H,19,20)/t10-,13+,14-/m0/s1. The van der Waals surface area contributed by atoms with Crippen LogP contribution in [0.1, 0.15) is 37.8 Å². The van der Waals surface area contributed by atoms with Crippen molar-refractivity contribution in [1.29, 1.82) is 0 Å². The van der Waals surface area contributed by atoms with Crippen molar-refractivity contribution in [2.45, 2.75) is 32.2 Å². The average Bonchev–Trinajstić information content (AvgIpc) is 2.97. The summed E-state index contributed by atoms with van der Waals surface area (Å²) in [5.41, 5.74) is 0.967. The van der Waals surface area contributed by atoms with Gasteiger partial charge in [-0.25, -0.2) is 0 Å². The average molecular weight is 291 g/mol. The van der Waals surface area contributed by atoms with Gasteiger partial charge in [-0.15, -0.1) is 0 Å². The number of aliphatic carboxylic acids is 1. The monoisotopic (exact) mass is 291 g/mol. The molecule has 0 aromatic heterocycles. The molecule has 0 saturated heterocycles. The Labute approximate surface area is 124 Å². The van der Waals surface area contributed by atoms with Crippen LogP contribution >= 0.6 is 0 Å². The first-order valence-electron chi connectivity index (χ1n) is 7.20. The number of hydrogen-bond donors (Lipinski definition) is 2. The molecule has 1 aliphatic rings. The molecule has 21 heavy (non-hydrogen) atoms. The number of methoxy groups -OCH3 is 1. The lowest BCUT2D eigenvalue weighted by molar-refractivity contribution is -0.146. The molecule has 2 N–H and O–H groups in total. The van der Waals surface area contributed by atoms with Crippen molar-refractivity contribution in [3.63, 3.8) is 0 Å². The molecule has 0 spiro atoms. The number of carbonyl (C=O) groups excluding carboxylic acids is 1. The maximum Gasteiger partial charge on any atom is 0.307 e. The number of benzene rings is 1. The van der Waals surface area contributed by atoms with Crippen LogP contribution in [0.4, 0.5) is 0 Å². The second kappa shape index (κ2) is 6.61. The summed E-state index contributed by atoms with van der Waals surface area (Å²) >= 11 is 0. The topological polar surface area (TPSA) is 75.6 Å². The maximum atomic E-state index is 12.3. The van der Waals surface area contributed by atoms with Crippen LogP contribution in [0.25, 0.3) is 0 Å².